The summed E-state index contributed by atoms with van der Waals surface area (Å²) in [6, 6.07) is 45.6. The number of anilines is 3. The van der Waals surface area contributed by atoms with E-state index in [4.69, 9.17) is 0 Å². The monoisotopic (exact) mass is 465 g/mol. The molecule has 0 saturated heterocycles. The zero-order chi connectivity index (χ0) is 24.5. The van der Waals surface area contributed by atoms with Gasteiger partial charge in [0.2, 0.25) is 0 Å². The molecule has 36 heavy (non-hydrogen) atoms. The Bertz CT molecular complexity index is 1590. The molecule has 0 unspecified atom stereocenters. The van der Waals surface area contributed by atoms with Crippen molar-refractivity contribution in [3.05, 3.63) is 133 Å². The summed E-state index contributed by atoms with van der Waals surface area (Å²) in [5.41, 5.74) is 5.81. The molecular weight excluding hydrogens is 441 g/mol. The number of rotatable bonds is 5. The quantitative estimate of drug-likeness (QED) is 0.275. The van der Waals surface area contributed by atoms with Crippen molar-refractivity contribution in [2.24, 2.45) is 0 Å². The predicted molar refractivity (Wildman–Crippen MR) is 151 cm³/mol. The first kappa shape index (κ1) is 22.1. The SMILES string of the molecule is OB(O)c1ccc(-c2cccc(N(c3cccc4ccccc34)c3cccc4ccccc34)c2)cc1. The molecule has 0 spiro atoms. The Morgan fingerprint density at radius 2 is 1.00 bits per heavy atom. The van der Waals surface area contributed by atoms with Crippen LogP contribution < -0.4 is 10.4 Å². The topological polar surface area (TPSA) is 43.7 Å². The molecule has 172 valence electrons. The van der Waals surface area contributed by atoms with E-state index in [1.165, 1.54) is 21.5 Å². The molecule has 0 amide bonds. The largest absolute Gasteiger partial charge is 0.488 e. The summed E-state index contributed by atoms with van der Waals surface area (Å²) >= 11 is 0. The minimum absolute atomic E-state index is 0.475. The molecule has 6 aromatic rings. The van der Waals surface area contributed by atoms with E-state index >= 15 is 0 Å². The van der Waals surface area contributed by atoms with Crippen LogP contribution in [-0.2, 0) is 0 Å². The third kappa shape index (κ3) is 4.03. The van der Waals surface area contributed by atoms with E-state index < -0.39 is 7.12 Å². The van der Waals surface area contributed by atoms with Crippen molar-refractivity contribution in [3.63, 3.8) is 0 Å². The predicted octanol–water partition coefficient (Wildman–Crippen LogP) is 6.81. The summed E-state index contributed by atoms with van der Waals surface area (Å²) in [5.74, 6) is 0. The molecular formula is C32H24BNO2. The highest BCUT2D eigenvalue weighted by Crippen LogP contribution is 2.42. The average molecular weight is 465 g/mol. The van der Waals surface area contributed by atoms with Crippen molar-refractivity contribution in [1.82, 2.24) is 0 Å². The van der Waals surface area contributed by atoms with Crippen LogP contribution in [0.15, 0.2) is 133 Å². The Kier molecular flexibility index (Phi) is 5.74. The van der Waals surface area contributed by atoms with Crippen molar-refractivity contribution in [3.8, 4) is 11.1 Å². The molecule has 3 nitrogen and oxygen atoms in total. The van der Waals surface area contributed by atoms with Gasteiger partial charge in [-0.1, -0.05) is 109 Å². The Balaban J connectivity index is 1.58. The van der Waals surface area contributed by atoms with Crippen molar-refractivity contribution >= 4 is 51.2 Å². The van der Waals surface area contributed by atoms with Crippen LogP contribution in [0.25, 0.3) is 32.7 Å². The van der Waals surface area contributed by atoms with Gasteiger partial charge in [0.15, 0.2) is 0 Å². The van der Waals surface area contributed by atoms with Gasteiger partial charge >= 0.3 is 7.12 Å². The van der Waals surface area contributed by atoms with Gasteiger partial charge in [0.05, 0.1) is 11.4 Å². The summed E-state index contributed by atoms with van der Waals surface area (Å²) in [7, 11) is -1.47. The molecule has 6 rings (SSSR count). The molecule has 6 aromatic carbocycles. The zero-order valence-corrected chi connectivity index (χ0v) is 19.6. The summed E-state index contributed by atoms with van der Waals surface area (Å²) in [5, 5.41) is 23.7. The molecule has 0 aliphatic heterocycles. The van der Waals surface area contributed by atoms with Crippen LogP contribution in [-0.4, -0.2) is 17.2 Å². The van der Waals surface area contributed by atoms with Crippen molar-refractivity contribution in [2.75, 3.05) is 4.90 Å². The Morgan fingerprint density at radius 3 is 1.58 bits per heavy atom. The first-order chi connectivity index (χ1) is 17.7. The number of hydrogen-bond acceptors (Lipinski definition) is 3. The Hall–Kier alpha value is -4.38. The first-order valence-corrected chi connectivity index (χ1v) is 12.0. The molecule has 2 N–H and O–H groups in total. The minimum Gasteiger partial charge on any atom is -0.423 e. The fourth-order valence-electron chi connectivity index (χ4n) is 4.89. The molecule has 0 heterocycles. The van der Waals surface area contributed by atoms with Crippen molar-refractivity contribution < 1.29 is 10.0 Å². The van der Waals surface area contributed by atoms with E-state index in [0.717, 1.165) is 28.2 Å². The zero-order valence-electron chi connectivity index (χ0n) is 19.6. The van der Waals surface area contributed by atoms with E-state index in [9.17, 15) is 10.0 Å². The van der Waals surface area contributed by atoms with Crippen LogP contribution in [0.1, 0.15) is 0 Å². The first-order valence-electron chi connectivity index (χ1n) is 12.0. The lowest BCUT2D eigenvalue weighted by atomic mass is 9.80. The second-order valence-corrected chi connectivity index (χ2v) is 8.88. The molecule has 4 heteroatoms. The van der Waals surface area contributed by atoms with E-state index in [-0.39, 0.29) is 0 Å². The summed E-state index contributed by atoms with van der Waals surface area (Å²) < 4.78 is 0. The van der Waals surface area contributed by atoms with Gasteiger partial charge in [-0.25, -0.2) is 0 Å². The van der Waals surface area contributed by atoms with Crippen LogP contribution in [0.5, 0.6) is 0 Å². The Labute approximate surface area is 210 Å². The highest BCUT2D eigenvalue weighted by Gasteiger charge is 2.18. The lowest BCUT2D eigenvalue weighted by Gasteiger charge is -2.28. The van der Waals surface area contributed by atoms with Gasteiger partial charge in [0.1, 0.15) is 0 Å². The maximum Gasteiger partial charge on any atom is 0.488 e. The number of benzene rings is 6. The van der Waals surface area contributed by atoms with Crippen LogP contribution in [0.3, 0.4) is 0 Å². The number of hydrogen-bond donors (Lipinski definition) is 2. The summed E-state index contributed by atoms with van der Waals surface area (Å²) in [4.78, 5) is 2.33. The standard InChI is InChI=1S/C32H24BNO2/c35-33(36)27-20-18-23(19-21-27)26-12-5-13-28(22-26)34(31-16-6-10-24-8-1-3-14-29(24)31)32-17-7-11-25-9-2-4-15-30(25)32/h1-22,35-36H. The van der Waals surface area contributed by atoms with E-state index in [1.807, 2.05) is 12.1 Å². The number of nitrogens with zero attached hydrogens (tertiary/aromatic N) is 1. The van der Waals surface area contributed by atoms with E-state index in [0.29, 0.717) is 5.46 Å². The maximum atomic E-state index is 9.48. The third-order valence-electron chi connectivity index (χ3n) is 6.66. The average Bonchev–Trinajstić information content (AvgIpc) is 2.94. The van der Waals surface area contributed by atoms with E-state index in [1.54, 1.807) is 12.1 Å². The summed E-state index contributed by atoms with van der Waals surface area (Å²) in [6.07, 6.45) is 0. The molecule has 0 saturated carbocycles. The fraction of sp³-hybridized carbons (Fsp3) is 0. The van der Waals surface area contributed by atoms with Gasteiger partial charge < -0.3 is 14.9 Å². The lowest BCUT2D eigenvalue weighted by molar-refractivity contribution is 0.426. The van der Waals surface area contributed by atoms with Gasteiger partial charge in [-0.3, -0.25) is 0 Å². The van der Waals surface area contributed by atoms with Gasteiger partial charge in [-0.15, -0.1) is 0 Å². The van der Waals surface area contributed by atoms with Crippen LogP contribution in [0.2, 0.25) is 0 Å². The highest BCUT2D eigenvalue weighted by molar-refractivity contribution is 6.58. The molecule has 0 aromatic heterocycles. The lowest BCUT2D eigenvalue weighted by Crippen LogP contribution is -2.29. The molecule has 0 aliphatic rings. The van der Waals surface area contributed by atoms with Crippen LogP contribution >= 0.6 is 0 Å². The van der Waals surface area contributed by atoms with Crippen LogP contribution in [0.4, 0.5) is 17.1 Å². The normalized spacial score (nSPS) is 11.1. The molecule has 0 fully saturated rings. The number of fused-ring (bicyclic) bond motifs is 2. The molecule has 0 bridgehead atoms. The minimum atomic E-state index is -1.47. The summed E-state index contributed by atoms with van der Waals surface area (Å²) in [6.45, 7) is 0. The van der Waals surface area contributed by atoms with Crippen LogP contribution in [0, 0.1) is 0 Å². The molecule has 0 radical (unpaired) electrons. The van der Waals surface area contributed by atoms with Gasteiger partial charge in [0, 0.05) is 16.5 Å². The van der Waals surface area contributed by atoms with Gasteiger partial charge in [-0.05, 0) is 51.6 Å². The maximum absolute atomic E-state index is 9.48. The molecule has 0 atom stereocenters. The highest BCUT2D eigenvalue weighted by atomic mass is 16.4. The third-order valence-corrected chi connectivity index (χ3v) is 6.66. The van der Waals surface area contributed by atoms with Gasteiger partial charge in [0.25, 0.3) is 0 Å². The van der Waals surface area contributed by atoms with Gasteiger partial charge in [-0.2, -0.15) is 0 Å². The second-order valence-electron chi connectivity index (χ2n) is 8.88. The van der Waals surface area contributed by atoms with E-state index in [2.05, 4.69) is 114 Å². The smallest absolute Gasteiger partial charge is 0.423 e. The molecule has 0 aliphatic carbocycles. The fourth-order valence-corrected chi connectivity index (χ4v) is 4.89. The van der Waals surface area contributed by atoms with Crippen molar-refractivity contribution in [1.29, 1.82) is 0 Å². The van der Waals surface area contributed by atoms with Crippen molar-refractivity contribution in [2.45, 2.75) is 0 Å². The Morgan fingerprint density at radius 1 is 0.472 bits per heavy atom. The second kappa shape index (κ2) is 9.35.